The van der Waals surface area contributed by atoms with Crippen molar-refractivity contribution in [3.05, 3.63) is 23.1 Å². The Morgan fingerprint density at radius 3 is 2.86 bits per heavy atom. The minimum absolute atomic E-state index is 0.287. The molecule has 0 saturated heterocycles. The molecule has 0 amide bonds. The molecule has 14 heavy (non-hydrogen) atoms. The minimum Gasteiger partial charge on any atom is -0.394 e. The molecule has 2 heterocycles. The maximum absolute atomic E-state index is 5.90. The van der Waals surface area contributed by atoms with Crippen LogP contribution in [0.1, 0.15) is 25.5 Å². The van der Waals surface area contributed by atoms with E-state index in [0.717, 1.165) is 5.69 Å². The second kappa shape index (κ2) is 3.13. The van der Waals surface area contributed by atoms with Gasteiger partial charge < -0.3 is 5.73 Å². The zero-order valence-corrected chi connectivity index (χ0v) is 8.78. The molecule has 0 unspecified atom stereocenters. The number of nitrogens with two attached hydrogens (primary N) is 1. The Bertz CT molecular complexity index is 475. The van der Waals surface area contributed by atoms with E-state index in [0.29, 0.717) is 16.4 Å². The van der Waals surface area contributed by atoms with Crippen LogP contribution in [0.15, 0.2) is 12.4 Å². The third kappa shape index (κ3) is 1.32. The van der Waals surface area contributed by atoms with E-state index in [2.05, 4.69) is 10.1 Å². The highest BCUT2D eigenvalue weighted by Crippen LogP contribution is 2.24. The third-order valence-electron chi connectivity index (χ3n) is 2.05. The van der Waals surface area contributed by atoms with Crippen molar-refractivity contribution in [2.75, 3.05) is 5.73 Å². The Hall–Kier alpha value is -1.29. The molecule has 0 aliphatic carbocycles. The summed E-state index contributed by atoms with van der Waals surface area (Å²) in [5.74, 6) is 0.287. The average molecular weight is 211 g/mol. The number of nitrogens with zero attached hydrogens (tertiary/aromatic N) is 3. The Morgan fingerprint density at radius 2 is 2.21 bits per heavy atom. The molecular weight excluding hydrogens is 200 g/mol. The number of fused-ring (bicyclic) bond motifs is 1. The number of hydrogen-bond acceptors (Lipinski definition) is 3. The van der Waals surface area contributed by atoms with Crippen molar-refractivity contribution in [1.29, 1.82) is 0 Å². The van der Waals surface area contributed by atoms with E-state index in [-0.39, 0.29) is 5.92 Å². The Morgan fingerprint density at radius 1 is 1.50 bits per heavy atom. The second-order valence-electron chi connectivity index (χ2n) is 3.49. The van der Waals surface area contributed by atoms with Gasteiger partial charge in [-0.3, -0.25) is 0 Å². The Labute approximate surface area is 86.7 Å². The molecule has 0 spiro atoms. The van der Waals surface area contributed by atoms with Crippen molar-refractivity contribution < 1.29 is 0 Å². The van der Waals surface area contributed by atoms with Crippen LogP contribution in [-0.4, -0.2) is 14.6 Å². The molecule has 2 aromatic heterocycles. The summed E-state index contributed by atoms with van der Waals surface area (Å²) in [5.41, 5.74) is 8.06. The Kier molecular flexibility index (Phi) is 2.07. The van der Waals surface area contributed by atoms with E-state index >= 15 is 0 Å². The molecular formula is C9H11ClN4. The van der Waals surface area contributed by atoms with Crippen LogP contribution in [0.2, 0.25) is 5.02 Å². The summed E-state index contributed by atoms with van der Waals surface area (Å²) >= 11 is 5.80. The van der Waals surface area contributed by atoms with Crippen LogP contribution in [-0.2, 0) is 0 Å². The van der Waals surface area contributed by atoms with Crippen molar-refractivity contribution >= 4 is 22.9 Å². The molecule has 74 valence electrons. The highest BCUT2D eigenvalue weighted by atomic mass is 35.5. The van der Waals surface area contributed by atoms with E-state index in [1.54, 1.807) is 16.9 Å². The summed E-state index contributed by atoms with van der Waals surface area (Å²) in [5, 5.41) is 4.87. The van der Waals surface area contributed by atoms with Gasteiger partial charge in [-0.2, -0.15) is 5.10 Å². The number of hydrogen-bond donors (Lipinski definition) is 1. The second-order valence-corrected chi connectivity index (χ2v) is 3.93. The van der Waals surface area contributed by atoms with Crippen LogP contribution >= 0.6 is 11.6 Å². The van der Waals surface area contributed by atoms with Crippen LogP contribution in [0, 0.1) is 0 Å². The van der Waals surface area contributed by atoms with Gasteiger partial charge in [-0.25, -0.2) is 9.50 Å². The van der Waals surface area contributed by atoms with Crippen molar-refractivity contribution in [2.24, 2.45) is 0 Å². The summed E-state index contributed by atoms with van der Waals surface area (Å²) in [4.78, 5) is 4.13. The fraction of sp³-hybridized carbons (Fsp3) is 0.333. The third-order valence-corrected chi connectivity index (χ3v) is 2.25. The normalized spacial score (nSPS) is 11.4. The SMILES string of the molecule is CC(C)c1nn2cc(Cl)cnc2c1N. The van der Waals surface area contributed by atoms with Crippen molar-refractivity contribution in [3.63, 3.8) is 0 Å². The molecule has 0 aliphatic rings. The Balaban J connectivity index is 2.73. The summed E-state index contributed by atoms with van der Waals surface area (Å²) in [6, 6.07) is 0. The predicted octanol–water partition coefficient (Wildman–Crippen LogP) is 2.09. The molecule has 0 saturated carbocycles. The zero-order valence-electron chi connectivity index (χ0n) is 8.03. The molecule has 0 radical (unpaired) electrons. The largest absolute Gasteiger partial charge is 0.394 e. The standard InChI is InChI=1S/C9H11ClN4/c1-5(2)8-7(11)9-12-3-6(10)4-14(9)13-8/h3-5H,11H2,1-2H3. The number of nitrogen functional groups attached to an aromatic ring is 1. The maximum Gasteiger partial charge on any atom is 0.178 e. The predicted molar refractivity (Wildman–Crippen MR) is 56.5 cm³/mol. The van der Waals surface area contributed by atoms with Gasteiger partial charge in [0.25, 0.3) is 0 Å². The van der Waals surface area contributed by atoms with Gasteiger partial charge >= 0.3 is 0 Å². The van der Waals surface area contributed by atoms with E-state index in [1.807, 2.05) is 13.8 Å². The van der Waals surface area contributed by atoms with E-state index in [1.165, 1.54) is 0 Å². The molecule has 2 aromatic rings. The number of rotatable bonds is 1. The molecule has 0 atom stereocenters. The fourth-order valence-corrected chi connectivity index (χ4v) is 1.51. The van der Waals surface area contributed by atoms with Gasteiger partial charge in [-0.1, -0.05) is 25.4 Å². The number of aromatic nitrogens is 3. The lowest BCUT2D eigenvalue weighted by atomic mass is 10.1. The first-order chi connectivity index (χ1) is 6.59. The lowest BCUT2D eigenvalue weighted by molar-refractivity contribution is 0.788. The minimum atomic E-state index is 0.287. The van der Waals surface area contributed by atoms with Crippen molar-refractivity contribution in [2.45, 2.75) is 19.8 Å². The summed E-state index contributed by atoms with van der Waals surface area (Å²) < 4.78 is 1.62. The molecule has 2 N–H and O–H groups in total. The van der Waals surface area contributed by atoms with Gasteiger partial charge in [0.1, 0.15) is 5.69 Å². The highest BCUT2D eigenvalue weighted by Gasteiger charge is 2.13. The first kappa shape index (κ1) is 9.27. The van der Waals surface area contributed by atoms with E-state index in [9.17, 15) is 0 Å². The zero-order chi connectivity index (χ0) is 10.3. The maximum atomic E-state index is 5.90. The molecule has 0 fully saturated rings. The molecule has 4 nitrogen and oxygen atoms in total. The van der Waals surface area contributed by atoms with Crippen LogP contribution in [0.5, 0.6) is 0 Å². The summed E-state index contributed by atoms with van der Waals surface area (Å²) in [7, 11) is 0. The van der Waals surface area contributed by atoms with Crippen LogP contribution in [0.25, 0.3) is 5.65 Å². The van der Waals surface area contributed by atoms with E-state index < -0.39 is 0 Å². The number of halogens is 1. The topological polar surface area (TPSA) is 56.2 Å². The summed E-state index contributed by atoms with van der Waals surface area (Å²) in [6.07, 6.45) is 3.27. The smallest absolute Gasteiger partial charge is 0.178 e. The highest BCUT2D eigenvalue weighted by molar-refractivity contribution is 6.30. The molecule has 0 aromatic carbocycles. The van der Waals surface area contributed by atoms with Gasteiger partial charge in [-0.15, -0.1) is 0 Å². The van der Waals surface area contributed by atoms with Gasteiger partial charge in [0.2, 0.25) is 0 Å². The van der Waals surface area contributed by atoms with Crippen molar-refractivity contribution in [1.82, 2.24) is 14.6 Å². The monoisotopic (exact) mass is 210 g/mol. The van der Waals surface area contributed by atoms with Gasteiger partial charge in [0, 0.05) is 6.20 Å². The lowest BCUT2D eigenvalue weighted by Gasteiger charge is -1.98. The summed E-state index contributed by atoms with van der Waals surface area (Å²) in [6.45, 7) is 4.08. The average Bonchev–Trinajstić information content (AvgIpc) is 2.43. The lowest BCUT2D eigenvalue weighted by Crippen LogP contribution is -1.94. The van der Waals surface area contributed by atoms with Crippen LogP contribution < -0.4 is 5.73 Å². The van der Waals surface area contributed by atoms with Gasteiger partial charge in [0.05, 0.1) is 16.9 Å². The van der Waals surface area contributed by atoms with Crippen LogP contribution in [0.3, 0.4) is 0 Å². The number of anilines is 1. The quantitative estimate of drug-likeness (QED) is 0.784. The van der Waals surface area contributed by atoms with E-state index in [4.69, 9.17) is 17.3 Å². The van der Waals surface area contributed by atoms with Gasteiger partial charge in [-0.05, 0) is 5.92 Å². The van der Waals surface area contributed by atoms with Crippen molar-refractivity contribution in [3.8, 4) is 0 Å². The first-order valence-corrected chi connectivity index (χ1v) is 4.76. The van der Waals surface area contributed by atoms with Crippen LogP contribution in [0.4, 0.5) is 5.69 Å². The first-order valence-electron chi connectivity index (χ1n) is 4.39. The molecule has 0 aliphatic heterocycles. The fourth-order valence-electron chi connectivity index (χ4n) is 1.37. The van der Waals surface area contributed by atoms with Gasteiger partial charge in [0.15, 0.2) is 5.65 Å². The molecule has 0 bridgehead atoms. The molecule has 5 heteroatoms. The molecule has 2 rings (SSSR count).